The Morgan fingerprint density at radius 2 is 2.10 bits per heavy atom. The Labute approximate surface area is 169 Å². The molecule has 2 aromatic carbocycles. The molecule has 0 saturated carbocycles. The highest BCUT2D eigenvalue weighted by atomic mass is 16.6. The summed E-state index contributed by atoms with van der Waals surface area (Å²) in [5, 5.41) is 15.4. The molecule has 0 aliphatic rings. The number of methoxy groups -OCH3 is 1. The molecule has 0 aliphatic carbocycles. The van der Waals surface area contributed by atoms with Crippen LogP contribution < -0.4 is 14.9 Å². The Bertz CT molecular complexity index is 896. The van der Waals surface area contributed by atoms with E-state index in [2.05, 4.69) is 10.5 Å². The lowest BCUT2D eigenvalue weighted by Crippen LogP contribution is -2.16. The van der Waals surface area contributed by atoms with Gasteiger partial charge in [-0.05, 0) is 25.0 Å². The second-order valence-electron chi connectivity index (χ2n) is 6.50. The summed E-state index contributed by atoms with van der Waals surface area (Å²) in [5.41, 5.74) is 4.54. The van der Waals surface area contributed by atoms with Crippen LogP contribution in [0, 0.1) is 17.0 Å². The van der Waals surface area contributed by atoms with E-state index in [1.165, 1.54) is 19.4 Å². The van der Waals surface area contributed by atoms with E-state index in [4.69, 9.17) is 9.47 Å². The number of carbonyl (C=O) groups excluding carboxylic acids is 1. The van der Waals surface area contributed by atoms with E-state index < -0.39 is 4.92 Å². The van der Waals surface area contributed by atoms with Crippen LogP contribution in [0.5, 0.6) is 11.5 Å². The van der Waals surface area contributed by atoms with Crippen LogP contribution in [0.2, 0.25) is 0 Å². The molecule has 8 heteroatoms. The van der Waals surface area contributed by atoms with Crippen LogP contribution in [-0.4, -0.2) is 24.2 Å². The molecule has 1 N–H and O–H groups in total. The quantitative estimate of drug-likeness (QED) is 0.367. The van der Waals surface area contributed by atoms with Gasteiger partial charge in [0.1, 0.15) is 6.61 Å². The lowest BCUT2D eigenvalue weighted by atomic mass is 10.1. The van der Waals surface area contributed by atoms with Gasteiger partial charge in [0.25, 0.3) is 0 Å². The SMILES string of the molecule is CCCCC(=O)N/N=C/c1cc(OC)c(OCc2cccc(C)c2)c([N+](=O)[O-])c1. The van der Waals surface area contributed by atoms with Crippen LogP contribution in [0.25, 0.3) is 0 Å². The number of rotatable bonds is 10. The fraction of sp³-hybridized carbons (Fsp3) is 0.333. The number of ether oxygens (including phenoxy) is 2. The molecule has 2 rings (SSSR count). The molecule has 0 atom stereocenters. The Morgan fingerprint density at radius 3 is 2.76 bits per heavy atom. The van der Waals surface area contributed by atoms with E-state index in [0.29, 0.717) is 12.0 Å². The fourth-order valence-electron chi connectivity index (χ4n) is 2.64. The molecular weight excluding hydrogens is 374 g/mol. The number of nitrogens with zero attached hydrogens (tertiary/aromatic N) is 2. The van der Waals surface area contributed by atoms with Crippen molar-refractivity contribution >= 4 is 17.8 Å². The summed E-state index contributed by atoms with van der Waals surface area (Å²) in [6, 6.07) is 10.6. The van der Waals surface area contributed by atoms with Crippen LogP contribution in [0.15, 0.2) is 41.5 Å². The van der Waals surface area contributed by atoms with Crippen LogP contribution in [-0.2, 0) is 11.4 Å². The number of hydrazone groups is 1. The average molecular weight is 399 g/mol. The first kappa shape index (κ1) is 21.9. The third kappa shape index (κ3) is 6.60. The summed E-state index contributed by atoms with van der Waals surface area (Å²) in [6.45, 7) is 4.12. The molecule has 0 fully saturated rings. The van der Waals surface area contributed by atoms with Gasteiger partial charge in [-0.2, -0.15) is 5.10 Å². The van der Waals surface area contributed by atoms with Crippen molar-refractivity contribution in [2.45, 2.75) is 39.7 Å². The van der Waals surface area contributed by atoms with Crippen molar-refractivity contribution in [2.24, 2.45) is 5.10 Å². The van der Waals surface area contributed by atoms with E-state index in [1.54, 1.807) is 6.07 Å². The molecule has 0 spiro atoms. The third-order valence-electron chi connectivity index (χ3n) is 4.10. The van der Waals surface area contributed by atoms with Gasteiger partial charge in [0.05, 0.1) is 18.2 Å². The zero-order valence-electron chi connectivity index (χ0n) is 16.8. The highest BCUT2D eigenvalue weighted by molar-refractivity contribution is 5.85. The summed E-state index contributed by atoms with van der Waals surface area (Å²) in [4.78, 5) is 22.6. The summed E-state index contributed by atoms with van der Waals surface area (Å²) >= 11 is 0. The molecule has 0 unspecified atom stereocenters. The molecule has 0 aromatic heterocycles. The van der Waals surface area contributed by atoms with Crippen LogP contribution >= 0.6 is 0 Å². The average Bonchev–Trinajstić information content (AvgIpc) is 2.70. The van der Waals surface area contributed by atoms with Crippen molar-refractivity contribution < 1.29 is 19.2 Å². The summed E-state index contributed by atoms with van der Waals surface area (Å²) in [5.74, 6) is 0.0522. The van der Waals surface area contributed by atoms with Crippen molar-refractivity contribution in [1.29, 1.82) is 0 Å². The number of hydrogen-bond acceptors (Lipinski definition) is 6. The first-order valence-electron chi connectivity index (χ1n) is 9.31. The molecule has 29 heavy (non-hydrogen) atoms. The van der Waals surface area contributed by atoms with Gasteiger partial charge in [0.2, 0.25) is 11.7 Å². The molecule has 0 radical (unpaired) electrons. The second kappa shape index (κ2) is 10.8. The van der Waals surface area contributed by atoms with Gasteiger partial charge in [-0.1, -0.05) is 43.2 Å². The maximum atomic E-state index is 11.6. The van der Waals surface area contributed by atoms with E-state index >= 15 is 0 Å². The zero-order valence-corrected chi connectivity index (χ0v) is 16.8. The van der Waals surface area contributed by atoms with Crippen molar-refractivity contribution in [2.75, 3.05) is 7.11 Å². The lowest BCUT2D eigenvalue weighted by Gasteiger charge is -2.12. The lowest BCUT2D eigenvalue weighted by molar-refractivity contribution is -0.386. The van der Waals surface area contributed by atoms with Crippen molar-refractivity contribution in [3.8, 4) is 11.5 Å². The Morgan fingerprint density at radius 1 is 1.31 bits per heavy atom. The first-order valence-corrected chi connectivity index (χ1v) is 9.31. The Kier molecular flexibility index (Phi) is 8.14. The molecule has 2 aromatic rings. The topological polar surface area (TPSA) is 103 Å². The van der Waals surface area contributed by atoms with E-state index in [9.17, 15) is 14.9 Å². The van der Waals surface area contributed by atoms with Gasteiger partial charge < -0.3 is 9.47 Å². The van der Waals surface area contributed by atoms with Crippen LogP contribution in [0.4, 0.5) is 5.69 Å². The van der Waals surface area contributed by atoms with Gasteiger partial charge in [0, 0.05) is 18.1 Å². The molecule has 1 amide bonds. The maximum absolute atomic E-state index is 11.6. The second-order valence-corrected chi connectivity index (χ2v) is 6.50. The number of aryl methyl sites for hydroxylation is 1. The first-order chi connectivity index (χ1) is 13.9. The fourth-order valence-corrected chi connectivity index (χ4v) is 2.64. The normalized spacial score (nSPS) is 10.7. The summed E-state index contributed by atoms with van der Waals surface area (Å²) in [7, 11) is 1.41. The summed E-state index contributed by atoms with van der Waals surface area (Å²) < 4.78 is 11.0. The standard InChI is InChI=1S/C21H25N3O5/c1-4-5-9-20(25)23-22-13-17-11-18(24(26)27)21(19(12-17)28-3)29-14-16-8-6-7-15(2)10-16/h6-8,10-13H,4-5,9,14H2,1-3H3,(H,23,25)/b22-13+. The van der Waals surface area contributed by atoms with E-state index in [0.717, 1.165) is 24.0 Å². The van der Waals surface area contributed by atoms with Crippen molar-refractivity contribution in [3.05, 3.63) is 63.2 Å². The minimum absolute atomic E-state index is 0.0446. The summed E-state index contributed by atoms with van der Waals surface area (Å²) in [6.07, 6.45) is 3.39. The van der Waals surface area contributed by atoms with Gasteiger partial charge in [-0.15, -0.1) is 0 Å². The van der Waals surface area contributed by atoms with Crippen molar-refractivity contribution in [1.82, 2.24) is 5.43 Å². The molecule has 0 heterocycles. The molecule has 8 nitrogen and oxygen atoms in total. The number of carbonyl (C=O) groups is 1. The van der Waals surface area contributed by atoms with Crippen LogP contribution in [0.3, 0.4) is 0 Å². The molecule has 0 bridgehead atoms. The Balaban J connectivity index is 2.21. The number of nitrogens with one attached hydrogen (secondary N) is 1. The number of hydrogen-bond donors (Lipinski definition) is 1. The number of nitro benzene ring substituents is 1. The molecule has 154 valence electrons. The number of amides is 1. The molecule has 0 aliphatic heterocycles. The van der Waals surface area contributed by atoms with Gasteiger partial charge in [0.15, 0.2) is 5.75 Å². The largest absolute Gasteiger partial charge is 0.493 e. The monoisotopic (exact) mass is 399 g/mol. The maximum Gasteiger partial charge on any atom is 0.315 e. The van der Waals surface area contributed by atoms with Gasteiger partial charge in [-0.25, -0.2) is 5.43 Å². The van der Waals surface area contributed by atoms with E-state index in [-0.39, 0.29) is 29.7 Å². The highest BCUT2D eigenvalue weighted by Gasteiger charge is 2.22. The van der Waals surface area contributed by atoms with Gasteiger partial charge in [-0.3, -0.25) is 14.9 Å². The third-order valence-corrected chi connectivity index (χ3v) is 4.10. The van der Waals surface area contributed by atoms with E-state index in [1.807, 2.05) is 38.1 Å². The van der Waals surface area contributed by atoms with Crippen LogP contribution in [0.1, 0.15) is 42.9 Å². The number of unbranched alkanes of at least 4 members (excludes halogenated alkanes) is 1. The predicted molar refractivity (Wildman–Crippen MR) is 110 cm³/mol. The number of benzene rings is 2. The smallest absolute Gasteiger partial charge is 0.315 e. The molecular formula is C21H25N3O5. The highest BCUT2D eigenvalue weighted by Crippen LogP contribution is 2.38. The minimum atomic E-state index is -0.536. The zero-order chi connectivity index (χ0) is 21.2. The minimum Gasteiger partial charge on any atom is -0.493 e. The number of nitro groups is 1. The van der Waals surface area contributed by atoms with Crippen molar-refractivity contribution in [3.63, 3.8) is 0 Å². The Hall–Kier alpha value is -3.42. The molecule has 0 saturated heterocycles. The van der Waals surface area contributed by atoms with Gasteiger partial charge >= 0.3 is 5.69 Å². The predicted octanol–water partition coefficient (Wildman–Crippen LogP) is 4.13.